The van der Waals surface area contributed by atoms with Crippen molar-refractivity contribution in [3.8, 4) is 0 Å². The van der Waals surface area contributed by atoms with Crippen LogP contribution in [0, 0.1) is 0 Å². The fourth-order valence-electron chi connectivity index (χ4n) is 0.192. The highest BCUT2D eigenvalue weighted by Gasteiger charge is 2.08. The third-order valence-corrected chi connectivity index (χ3v) is 1.11. The van der Waals surface area contributed by atoms with E-state index in [4.69, 9.17) is 0 Å². The van der Waals surface area contributed by atoms with Gasteiger partial charge in [-0.25, -0.2) is 0 Å². The van der Waals surface area contributed by atoms with E-state index < -0.39 is 17.1 Å². The van der Waals surface area contributed by atoms with E-state index in [9.17, 15) is 13.2 Å². The molecule has 0 amide bonds. The topological polar surface area (TPSA) is 9.23 Å². The van der Waals surface area contributed by atoms with Gasteiger partial charge in [0.2, 0.25) is 0 Å². The summed E-state index contributed by atoms with van der Waals surface area (Å²) in [6.45, 7) is 3.17. The molecule has 0 aliphatic carbocycles. The van der Waals surface area contributed by atoms with E-state index in [2.05, 4.69) is 27.2 Å². The van der Waals surface area contributed by atoms with Gasteiger partial charge in [0, 0.05) is 0 Å². The predicted octanol–water partition coefficient (Wildman–Crippen LogP) is 2.95. The van der Waals surface area contributed by atoms with E-state index in [0.29, 0.717) is 0 Å². The Morgan fingerprint density at radius 2 is 2.00 bits per heavy atom. The van der Waals surface area contributed by atoms with Crippen molar-refractivity contribution in [3.05, 3.63) is 24.7 Å². The van der Waals surface area contributed by atoms with Crippen molar-refractivity contribution in [1.82, 2.24) is 0 Å². The molecule has 0 heterocycles. The third-order valence-electron chi connectivity index (χ3n) is 0.550. The van der Waals surface area contributed by atoms with Crippen LogP contribution in [0.1, 0.15) is 0 Å². The molecule has 5 heteroatoms. The lowest BCUT2D eigenvalue weighted by Crippen LogP contribution is -1.97. The number of alkyl halides is 1. The Bertz CT molecular complexity index is 153. The van der Waals surface area contributed by atoms with Crippen LogP contribution in [-0.2, 0) is 4.74 Å². The van der Waals surface area contributed by atoms with Crippen molar-refractivity contribution in [2.75, 3.05) is 0 Å². The molecule has 0 saturated carbocycles. The molecule has 0 rings (SSSR count). The zero-order chi connectivity index (χ0) is 8.15. The van der Waals surface area contributed by atoms with E-state index in [0.717, 1.165) is 6.08 Å². The molecule has 0 aromatic rings. The van der Waals surface area contributed by atoms with Gasteiger partial charge in [0.05, 0.1) is 0 Å². The van der Waals surface area contributed by atoms with Gasteiger partial charge in [-0.05, 0) is 22.0 Å². The van der Waals surface area contributed by atoms with Crippen LogP contribution in [0.25, 0.3) is 0 Å². The van der Waals surface area contributed by atoms with E-state index >= 15 is 0 Å². The molecule has 0 aliphatic rings. The summed E-state index contributed by atoms with van der Waals surface area (Å²) in [5.41, 5.74) is 0. The molecule has 0 aliphatic heterocycles. The van der Waals surface area contributed by atoms with Crippen molar-refractivity contribution in [3.63, 3.8) is 0 Å². The van der Waals surface area contributed by atoms with Crippen LogP contribution in [0.5, 0.6) is 0 Å². The van der Waals surface area contributed by atoms with Crippen LogP contribution < -0.4 is 0 Å². The van der Waals surface area contributed by atoms with Gasteiger partial charge in [-0.2, -0.15) is 13.2 Å². The summed E-state index contributed by atoms with van der Waals surface area (Å²) >= 11 is 2.70. The fourth-order valence-corrected chi connectivity index (χ4v) is 0.356. The molecule has 0 bridgehead atoms. The predicted molar refractivity (Wildman–Crippen MR) is 34.3 cm³/mol. The van der Waals surface area contributed by atoms with Crippen LogP contribution >= 0.6 is 15.9 Å². The Balaban J connectivity index is 3.91. The normalized spacial score (nSPS) is 12.0. The lowest BCUT2D eigenvalue weighted by molar-refractivity contribution is 0.127. The SMILES string of the molecule is C=CC(Br)OC(F)=C(F)F. The van der Waals surface area contributed by atoms with Crippen molar-refractivity contribution in [1.29, 1.82) is 0 Å². The van der Waals surface area contributed by atoms with Gasteiger partial charge in [0.1, 0.15) is 0 Å². The summed E-state index contributed by atoms with van der Waals surface area (Å²) in [6.07, 6.45) is -1.35. The maximum absolute atomic E-state index is 11.8. The van der Waals surface area contributed by atoms with Crippen LogP contribution in [-0.4, -0.2) is 5.01 Å². The van der Waals surface area contributed by atoms with Gasteiger partial charge >= 0.3 is 12.1 Å². The average Bonchev–Trinajstić information content (AvgIpc) is 1.87. The number of halogens is 4. The molecule has 1 atom stereocenters. The van der Waals surface area contributed by atoms with E-state index in [1.807, 2.05) is 0 Å². The number of hydrogen-bond donors (Lipinski definition) is 0. The third kappa shape index (κ3) is 3.55. The number of hydrogen-bond acceptors (Lipinski definition) is 1. The maximum Gasteiger partial charge on any atom is 0.342 e. The molecule has 0 spiro atoms. The lowest BCUT2D eigenvalue weighted by atomic mass is 10.7. The standard InChI is InChI=1S/C5H4BrF3O/c1-2-3(6)10-5(9)4(7)8/h2-3H,1H2. The van der Waals surface area contributed by atoms with Crippen LogP contribution in [0.2, 0.25) is 0 Å². The monoisotopic (exact) mass is 216 g/mol. The van der Waals surface area contributed by atoms with Crippen molar-refractivity contribution < 1.29 is 17.9 Å². The largest absolute Gasteiger partial charge is 0.448 e. The molecule has 0 saturated heterocycles. The Morgan fingerprint density at radius 1 is 1.50 bits per heavy atom. The summed E-state index contributed by atoms with van der Waals surface area (Å²) in [6, 6.07) is -1.89. The average molecular weight is 217 g/mol. The second-order valence-corrected chi connectivity index (χ2v) is 2.14. The first kappa shape index (κ1) is 9.55. The van der Waals surface area contributed by atoms with Gasteiger partial charge in [-0.1, -0.05) is 6.58 Å². The Hall–Kier alpha value is -0.450. The number of rotatable bonds is 3. The van der Waals surface area contributed by atoms with E-state index in [-0.39, 0.29) is 0 Å². The molecule has 0 aromatic carbocycles. The lowest BCUT2D eigenvalue weighted by Gasteiger charge is -2.03. The van der Waals surface area contributed by atoms with Gasteiger partial charge in [-0.3, -0.25) is 0 Å². The molecule has 0 radical (unpaired) electrons. The second kappa shape index (κ2) is 4.38. The highest BCUT2D eigenvalue weighted by atomic mass is 79.9. The molecule has 1 nitrogen and oxygen atoms in total. The van der Waals surface area contributed by atoms with Crippen molar-refractivity contribution in [2.45, 2.75) is 5.01 Å². The summed E-state index contributed by atoms with van der Waals surface area (Å²) in [4.78, 5) is 0. The minimum absolute atomic E-state index is 0.922. The Labute approximate surface area is 64.3 Å². The maximum atomic E-state index is 11.8. The molecular formula is C5H4BrF3O. The van der Waals surface area contributed by atoms with Crippen molar-refractivity contribution in [2.24, 2.45) is 0 Å². The first-order chi connectivity index (χ1) is 4.57. The molecule has 1 unspecified atom stereocenters. The number of ether oxygens (including phenoxy) is 1. The molecule has 0 fully saturated rings. The van der Waals surface area contributed by atoms with E-state index in [1.54, 1.807) is 0 Å². The van der Waals surface area contributed by atoms with Gasteiger partial charge in [-0.15, -0.1) is 0 Å². The second-order valence-electron chi connectivity index (χ2n) is 1.24. The smallest absolute Gasteiger partial charge is 0.342 e. The first-order valence-electron chi connectivity index (χ1n) is 2.22. The first-order valence-corrected chi connectivity index (χ1v) is 3.13. The summed E-state index contributed by atoms with van der Waals surface area (Å²) in [5, 5.41) is -0.922. The quantitative estimate of drug-likeness (QED) is 0.401. The zero-order valence-corrected chi connectivity index (χ0v) is 6.37. The highest BCUT2D eigenvalue weighted by molar-refractivity contribution is 9.09. The molecule has 0 aromatic heterocycles. The van der Waals surface area contributed by atoms with Gasteiger partial charge < -0.3 is 4.74 Å². The Kier molecular flexibility index (Phi) is 4.18. The molecule has 58 valence electrons. The van der Waals surface area contributed by atoms with Crippen molar-refractivity contribution >= 4 is 15.9 Å². The minimum Gasteiger partial charge on any atom is -0.448 e. The summed E-state index contributed by atoms with van der Waals surface area (Å²) < 4.78 is 38.2. The molecule has 0 N–H and O–H groups in total. The summed E-state index contributed by atoms with van der Waals surface area (Å²) in [5.74, 6) is 0. The summed E-state index contributed by atoms with van der Waals surface area (Å²) in [7, 11) is 0. The Morgan fingerprint density at radius 3 is 2.30 bits per heavy atom. The molecular weight excluding hydrogens is 213 g/mol. The van der Waals surface area contributed by atoms with Crippen LogP contribution in [0.3, 0.4) is 0 Å². The van der Waals surface area contributed by atoms with E-state index in [1.165, 1.54) is 0 Å². The molecule has 10 heavy (non-hydrogen) atoms. The highest BCUT2D eigenvalue weighted by Crippen LogP contribution is 2.15. The fraction of sp³-hybridized carbons (Fsp3) is 0.200. The van der Waals surface area contributed by atoms with Crippen LogP contribution in [0.4, 0.5) is 13.2 Å². The van der Waals surface area contributed by atoms with Gasteiger partial charge in [0.25, 0.3) is 0 Å². The van der Waals surface area contributed by atoms with Gasteiger partial charge in [0.15, 0.2) is 5.01 Å². The minimum atomic E-state index is -2.48. The zero-order valence-electron chi connectivity index (χ0n) is 4.78. The van der Waals surface area contributed by atoms with Crippen LogP contribution in [0.15, 0.2) is 24.7 Å².